The highest BCUT2D eigenvalue weighted by molar-refractivity contribution is 5.90. The number of rotatable bonds is 5. The molecule has 0 aromatic rings. The molecule has 2 aliphatic carbocycles. The van der Waals surface area contributed by atoms with Gasteiger partial charge in [-0.3, -0.25) is 4.79 Å². The molecular formula is C18H26O4. The Labute approximate surface area is 132 Å². The molecular weight excluding hydrogens is 280 g/mol. The van der Waals surface area contributed by atoms with Crippen molar-refractivity contribution in [3.05, 3.63) is 23.8 Å². The van der Waals surface area contributed by atoms with Gasteiger partial charge in [-0.25, -0.2) is 4.79 Å². The highest BCUT2D eigenvalue weighted by atomic mass is 16.5. The number of carbonyl (C=O) groups is 2. The van der Waals surface area contributed by atoms with Gasteiger partial charge in [0.25, 0.3) is 0 Å². The van der Waals surface area contributed by atoms with E-state index >= 15 is 0 Å². The molecule has 2 rings (SSSR count). The average Bonchev–Trinajstić information content (AvgIpc) is 2.78. The van der Waals surface area contributed by atoms with Crippen LogP contribution in [0.25, 0.3) is 0 Å². The lowest BCUT2D eigenvalue weighted by Gasteiger charge is -2.43. The first kappa shape index (κ1) is 16.8. The van der Waals surface area contributed by atoms with Gasteiger partial charge in [0.2, 0.25) is 0 Å². The van der Waals surface area contributed by atoms with Crippen LogP contribution in [0.5, 0.6) is 0 Å². The van der Waals surface area contributed by atoms with Crippen molar-refractivity contribution >= 4 is 11.9 Å². The molecule has 0 N–H and O–H groups in total. The number of fused-ring (bicyclic) bond motifs is 1. The summed E-state index contributed by atoms with van der Waals surface area (Å²) in [6.45, 7) is 9.64. The summed E-state index contributed by atoms with van der Waals surface area (Å²) in [7, 11) is 0. The van der Waals surface area contributed by atoms with Crippen LogP contribution < -0.4 is 0 Å². The fourth-order valence-corrected chi connectivity index (χ4v) is 4.18. The van der Waals surface area contributed by atoms with Crippen LogP contribution in [0.15, 0.2) is 23.8 Å². The molecule has 1 fully saturated rings. The number of ether oxygens (including phenoxy) is 2. The third kappa shape index (κ3) is 2.83. The summed E-state index contributed by atoms with van der Waals surface area (Å²) in [4.78, 5) is 23.7. The molecule has 4 heteroatoms. The molecule has 22 heavy (non-hydrogen) atoms. The highest BCUT2D eigenvalue weighted by Crippen LogP contribution is 2.57. The molecule has 0 spiro atoms. The molecule has 0 aromatic carbocycles. The van der Waals surface area contributed by atoms with E-state index in [4.69, 9.17) is 9.47 Å². The zero-order valence-electron chi connectivity index (χ0n) is 13.8. The minimum Gasteiger partial charge on any atom is -0.463 e. The van der Waals surface area contributed by atoms with Gasteiger partial charge in [-0.1, -0.05) is 13.0 Å². The fourth-order valence-electron chi connectivity index (χ4n) is 4.18. The third-order valence-electron chi connectivity index (χ3n) is 5.21. The van der Waals surface area contributed by atoms with E-state index in [1.165, 1.54) is 6.92 Å². The van der Waals surface area contributed by atoms with Gasteiger partial charge in [0, 0.05) is 17.9 Å². The molecule has 3 atom stereocenters. The Bertz CT molecular complexity index is 505. The van der Waals surface area contributed by atoms with E-state index < -0.39 is 0 Å². The zero-order valence-corrected chi connectivity index (χ0v) is 13.8. The summed E-state index contributed by atoms with van der Waals surface area (Å²) >= 11 is 0. The Morgan fingerprint density at radius 1 is 1.36 bits per heavy atom. The van der Waals surface area contributed by atoms with E-state index in [0.29, 0.717) is 25.4 Å². The maximum Gasteiger partial charge on any atom is 0.333 e. The fraction of sp³-hybridized carbons (Fsp3) is 0.667. The van der Waals surface area contributed by atoms with Gasteiger partial charge in [-0.05, 0) is 50.5 Å². The lowest BCUT2D eigenvalue weighted by Crippen LogP contribution is -2.43. The molecule has 0 aliphatic heterocycles. The Morgan fingerprint density at radius 3 is 2.68 bits per heavy atom. The van der Waals surface area contributed by atoms with Gasteiger partial charge >= 0.3 is 11.9 Å². The molecule has 0 saturated heterocycles. The molecule has 0 aromatic heterocycles. The van der Waals surface area contributed by atoms with Crippen molar-refractivity contribution in [2.75, 3.05) is 6.61 Å². The smallest absolute Gasteiger partial charge is 0.333 e. The number of hydrogen-bond acceptors (Lipinski definition) is 4. The number of allylic oxidation sites excluding steroid dienone is 1. The van der Waals surface area contributed by atoms with E-state index in [-0.39, 0.29) is 23.5 Å². The molecule has 4 nitrogen and oxygen atoms in total. The predicted molar refractivity (Wildman–Crippen MR) is 84.1 cm³/mol. The SMILES string of the molecule is C=CC[C@H]1CCC2=C(C(=O)OCC)CCC(OC(C)=O)[C@@]21C. The van der Waals surface area contributed by atoms with Gasteiger partial charge in [0.05, 0.1) is 6.61 Å². The highest BCUT2D eigenvalue weighted by Gasteiger charge is 2.53. The van der Waals surface area contributed by atoms with Crippen molar-refractivity contribution in [1.29, 1.82) is 0 Å². The second kappa shape index (κ2) is 6.67. The molecule has 0 radical (unpaired) electrons. The van der Waals surface area contributed by atoms with Crippen molar-refractivity contribution in [1.82, 2.24) is 0 Å². The van der Waals surface area contributed by atoms with Gasteiger partial charge in [0.15, 0.2) is 0 Å². The largest absolute Gasteiger partial charge is 0.463 e. The summed E-state index contributed by atoms with van der Waals surface area (Å²) in [6.07, 6.45) is 5.81. The maximum atomic E-state index is 12.3. The van der Waals surface area contributed by atoms with Gasteiger partial charge in [-0.15, -0.1) is 6.58 Å². The quantitative estimate of drug-likeness (QED) is 0.575. The summed E-state index contributed by atoms with van der Waals surface area (Å²) in [6, 6.07) is 0. The lowest BCUT2D eigenvalue weighted by molar-refractivity contribution is -0.154. The van der Waals surface area contributed by atoms with Crippen molar-refractivity contribution in [2.45, 2.75) is 59.0 Å². The molecule has 0 heterocycles. The van der Waals surface area contributed by atoms with Crippen LogP contribution in [-0.4, -0.2) is 24.6 Å². The van der Waals surface area contributed by atoms with E-state index in [9.17, 15) is 9.59 Å². The van der Waals surface area contributed by atoms with Crippen LogP contribution in [0.4, 0.5) is 0 Å². The minimum atomic E-state index is -0.278. The molecule has 0 bridgehead atoms. The second-order valence-electron chi connectivity index (χ2n) is 6.36. The summed E-state index contributed by atoms with van der Waals surface area (Å²) < 4.78 is 10.8. The summed E-state index contributed by atoms with van der Waals surface area (Å²) in [5.41, 5.74) is 1.66. The van der Waals surface area contributed by atoms with Crippen molar-refractivity contribution in [3.8, 4) is 0 Å². The predicted octanol–water partition coefficient (Wildman–Crippen LogP) is 3.56. The monoisotopic (exact) mass is 306 g/mol. The van der Waals surface area contributed by atoms with Crippen LogP contribution in [0.2, 0.25) is 0 Å². The molecule has 2 aliphatic rings. The number of carbonyl (C=O) groups excluding carboxylic acids is 2. The number of esters is 2. The molecule has 1 unspecified atom stereocenters. The first-order chi connectivity index (χ1) is 10.4. The Hall–Kier alpha value is -1.58. The molecule has 1 saturated carbocycles. The first-order valence-electron chi connectivity index (χ1n) is 8.12. The zero-order chi connectivity index (χ0) is 16.3. The normalized spacial score (nSPS) is 30.7. The maximum absolute atomic E-state index is 12.3. The first-order valence-corrected chi connectivity index (χ1v) is 8.12. The van der Waals surface area contributed by atoms with Gasteiger partial charge in [-0.2, -0.15) is 0 Å². The number of hydrogen-bond donors (Lipinski definition) is 0. The third-order valence-corrected chi connectivity index (χ3v) is 5.21. The average molecular weight is 306 g/mol. The molecule has 122 valence electrons. The van der Waals surface area contributed by atoms with Crippen LogP contribution in [0.3, 0.4) is 0 Å². The van der Waals surface area contributed by atoms with E-state index in [1.54, 1.807) is 0 Å². The van der Waals surface area contributed by atoms with Crippen molar-refractivity contribution in [2.24, 2.45) is 11.3 Å². The Kier molecular flexibility index (Phi) is 5.09. The molecule has 0 amide bonds. The van der Waals surface area contributed by atoms with E-state index in [2.05, 4.69) is 13.5 Å². The van der Waals surface area contributed by atoms with Crippen LogP contribution in [0.1, 0.15) is 52.9 Å². The van der Waals surface area contributed by atoms with Crippen LogP contribution >= 0.6 is 0 Å². The van der Waals surface area contributed by atoms with Gasteiger partial charge in [0.1, 0.15) is 6.10 Å². The standard InChI is InChI=1S/C18H26O4/c1-5-7-13-8-10-15-14(17(20)21-6-2)9-11-16(18(13,15)4)22-12(3)19/h5,13,16H,1,6-11H2,2-4H3/t13-,16?,18+/m0/s1. The Morgan fingerprint density at radius 2 is 2.09 bits per heavy atom. The van der Waals surface area contributed by atoms with Crippen LogP contribution in [0, 0.1) is 11.3 Å². The summed E-state index contributed by atoms with van der Waals surface area (Å²) in [5, 5.41) is 0. The van der Waals surface area contributed by atoms with Crippen molar-refractivity contribution < 1.29 is 19.1 Å². The summed E-state index contributed by atoms with van der Waals surface area (Å²) in [5.74, 6) is -0.104. The topological polar surface area (TPSA) is 52.6 Å². The second-order valence-corrected chi connectivity index (χ2v) is 6.36. The van der Waals surface area contributed by atoms with E-state index in [0.717, 1.165) is 30.4 Å². The van der Waals surface area contributed by atoms with E-state index in [1.807, 2.05) is 13.0 Å². The minimum absolute atomic E-state index is 0.161. The Balaban J connectivity index is 2.42. The van der Waals surface area contributed by atoms with Gasteiger partial charge < -0.3 is 9.47 Å². The van der Waals surface area contributed by atoms with Crippen LogP contribution in [-0.2, 0) is 19.1 Å². The van der Waals surface area contributed by atoms with Crippen molar-refractivity contribution in [3.63, 3.8) is 0 Å². The lowest BCUT2D eigenvalue weighted by atomic mass is 9.65.